The lowest BCUT2D eigenvalue weighted by molar-refractivity contribution is -0.138. The van der Waals surface area contributed by atoms with Crippen molar-refractivity contribution >= 4 is 104 Å². The molecule has 4 aliphatic heterocycles. The molecule has 8 aromatic rings. The summed E-state index contributed by atoms with van der Waals surface area (Å²) >= 11 is 0. The second-order valence-electron chi connectivity index (χ2n) is 28.1. The smallest absolute Gasteiger partial charge is 0.303 e. The number of imide groups is 2. The van der Waals surface area contributed by atoms with Crippen LogP contribution in [0.2, 0.25) is 0 Å². The van der Waals surface area contributed by atoms with Gasteiger partial charge in [-0.15, -0.1) is 0 Å². The molecule has 116 heavy (non-hydrogen) atoms. The molecule has 2 atom stereocenters. The third-order valence-electron chi connectivity index (χ3n) is 20.0. The fraction of sp³-hybridized carbons (Fsp3) is 0.366. The molecule has 0 radical (unpaired) electrons. The average Bonchev–Trinajstić information content (AvgIpc) is 1.24. The van der Waals surface area contributed by atoms with E-state index in [-0.39, 0.29) is 157 Å². The molecule has 0 spiro atoms. The van der Waals surface area contributed by atoms with E-state index in [1.807, 2.05) is 6.07 Å². The first kappa shape index (κ1) is 84.2. The van der Waals surface area contributed by atoms with Crippen LogP contribution in [0.4, 0.5) is 33.3 Å². The number of benzene rings is 4. The summed E-state index contributed by atoms with van der Waals surface area (Å²) in [6, 6.07) is 15.8. The quantitative estimate of drug-likeness (QED) is 0.0131. The minimum absolute atomic E-state index is 0. The Labute approximate surface area is 664 Å². The van der Waals surface area contributed by atoms with Crippen LogP contribution >= 0.6 is 0 Å². The Hall–Kier alpha value is -12.8. The molecule has 4 fully saturated rings. The Balaban J connectivity index is 0.000000200. The summed E-state index contributed by atoms with van der Waals surface area (Å²) in [5.74, 6) is -7.91. The van der Waals surface area contributed by atoms with Gasteiger partial charge in [0.2, 0.25) is 29.5 Å². The number of hydrogen-bond acceptors (Lipinski definition) is 19. The zero-order valence-electron chi connectivity index (χ0n) is 63.8. The molecule has 610 valence electrons. The van der Waals surface area contributed by atoms with Crippen LogP contribution in [0, 0.1) is 23.3 Å². The van der Waals surface area contributed by atoms with Crippen LogP contribution in [0.3, 0.4) is 0 Å². The van der Waals surface area contributed by atoms with E-state index in [2.05, 4.69) is 67.8 Å². The molecule has 6 aliphatic rings. The van der Waals surface area contributed by atoms with Crippen LogP contribution < -0.4 is 53.6 Å². The van der Waals surface area contributed by atoms with Crippen molar-refractivity contribution in [1.29, 1.82) is 0 Å². The summed E-state index contributed by atoms with van der Waals surface area (Å²) in [7, 11) is 2.33. The van der Waals surface area contributed by atoms with Gasteiger partial charge in [0.1, 0.15) is 46.7 Å². The van der Waals surface area contributed by atoms with Crippen molar-refractivity contribution in [3.63, 3.8) is 0 Å². The number of nitrogens with zero attached hydrogens (tertiary/aromatic N) is 6. The molecule has 34 heteroatoms. The summed E-state index contributed by atoms with van der Waals surface area (Å²) in [6.07, 6.45) is 14.0. The number of aliphatic carboxylic acids is 1. The number of alkyl halides is 1. The summed E-state index contributed by atoms with van der Waals surface area (Å²) in [6.45, 7) is 1.97. The van der Waals surface area contributed by atoms with Crippen molar-refractivity contribution in [2.75, 3.05) is 58.1 Å². The molecule has 12 N–H and O–H groups in total. The Morgan fingerprint density at radius 1 is 0.526 bits per heavy atom. The molecular formula is C82H89F5N16O13. The van der Waals surface area contributed by atoms with E-state index in [9.17, 15) is 70.7 Å². The maximum Gasteiger partial charge on any atom is 0.303 e. The number of pyridine rings is 4. The first-order chi connectivity index (χ1) is 55.8. The second-order valence-corrected chi connectivity index (χ2v) is 28.1. The number of rotatable bonds is 27. The number of aryl methyl sites for hydroxylation is 2. The van der Waals surface area contributed by atoms with Gasteiger partial charge in [-0.2, -0.15) is 0 Å². The van der Waals surface area contributed by atoms with E-state index in [0.717, 1.165) is 55.4 Å². The fourth-order valence-corrected chi connectivity index (χ4v) is 13.7. The largest absolute Gasteiger partial charge is 0.481 e. The van der Waals surface area contributed by atoms with Crippen LogP contribution in [0.1, 0.15) is 183 Å². The molecule has 2 aliphatic carbocycles. The highest BCUT2D eigenvalue weighted by atomic mass is 19.1. The number of carbonyl (C=O) groups excluding carboxylic acids is 11. The van der Waals surface area contributed by atoms with Crippen molar-refractivity contribution in [2.45, 2.75) is 147 Å². The van der Waals surface area contributed by atoms with Crippen molar-refractivity contribution in [2.24, 2.45) is 5.73 Å². The van der Waals surface area contributed by atoms with Crippen LogP contribution in [0.25, 0.3) is 44.1 Å². The van der Waals surface area contributed by atoms with Crippen LogP contribution in [0.15, 0.2) is 97.6 Å². The van der Waals surface area contributed by atoms with Crippen molar-refractivity contribution in [3.05, 3.63) is 177 Å². The molecule has 14 rings (SSSR count). The van der Waals surface area contributed by atoms with Gasteiger partial charge in [-0.05, 0) is 142 Å². The Bertz CT molecular complexity index is 5210. The lowest BCUT2D eigenvalue weighted by Crippen LogP contribution is -2.52. The summed E-state index contributed by atoms with van der Waals surface area (Å²) in [5.41, 5.74) is 11.6. The minimum atomic E-state index is -1.00. The molecule has 8 heterocycles. The molecule has 2 saturated heterocycles. The highest BCUT2D eigenvalue weighted by Crippen LogP contribution is 2.37. The lowest BCUT2D eigenvalue weighted by atomic mass is 9.99. The van der Waals surface area contributed by atoms with Gasteiger partial charge < -0.3 is 57.9 Å². The Morgan fingerprint density at radius 3 is 1.33 bits per heavy atom. The zero-order chi connectivity index (χ0) is 83.0. The van der Waals surface area contributed by atoms with Gasteiger partial charge >= 0.3 is 5.97 Å². The maximum atomic E-state index is 15.3. The number of nitrogens with two attached hydrogens (primary N) is 1. The number of halogens is 5. The molecule has 29 nitrogen and oxygen atoms in total. The monoisotopic (exact) mass is 1600 g/mol. The predicted octanol–water partition coefficient (Wildman–Crippen LogP) is 8.19. The molecule has 2 unspecified atom stereocenters. The summed E-state index contributed by atoms with van der Waals surface area (Å²) in [4.78, 5) is 166. The second kappa shape index (κ2) is 38.9. The van der Waals surface area contributed by atoms with Gasteiger partial charge in [0.15, 0.2) is 0 Å². The average molecular weight is 1600 g/mol. The van der Waals surface area contributed by atoms with E-state index < -0.39 is 72.1 Å². The molecule has 11 amide bonds. The number of aromatic nitrogens is 4. The molecule has 4 aromatic heterocycles. The Morgan fingerprint density at radius 2 is 0.940 bits per heavy atom. The van der Waals surface area contributed by atoms with Crippen molar-refractivity contribution in [1.82, 2.24) is 67.0 Å². The van der Waals surface area contributed by atoms with Crippen LogP contribution in [-0.4, -0.2) is 177 Å². The van der Waals surface area contributed by atoms with Gasteiger partial charge in [0, 0.05) is 155 Å². The molecule has 0 bridgehead atoms. The summed E-state index contributed by atoms with van der Waals surface area (Å²) < 4.78 is 75.7. The van der Waals surface area contributed by atoms with Crippen molar-refractivity contribution in [3.8, 4) is 22.3 Å². The number of nitrogens with one attached hydrogen (secondary N) is 9. The number of hydrogen-bond donors (Lipinski definition) is 11. The SMILES string of the molecule is C.CNc1c(C(=O)NC2CC2)cnc2cc(F)c(-c3ccc(C(=O)NCCCCN)c(F)c3)cc12.CNc1c(C(=O)NC2CC2)cnc2cc(F)c(-c3ccc(C(=O)NCCCCNC(=O)CCc4cnc5c(c4)CN(C4CCC(=O)NC4=O)C5=O)c(F)c3)cc12.O=C(O)CCc1cnc2c(c1)CN(C1CCC(=O)NC1=O)C2=O.[2H]CF. The van der Waals surface area contributed by atoms with Crippen molar-refractivity contribution < 1.29 is 86.0 Å². The number of amides is 11. The van der Waals surface area contributed by atoms with E-state index in [4.69, 9.17) is 12.2 Å². The fourth-order valence-electron chi connectivity index (χ4n) is 13.7. The lowest BCUT2D eigenvalue weighted by Gasteiger charge is -2.29. The number of carboxylic acids is 1. The zero-order valence-corrected chi connectivity index (χ0v) is 62.8. The predicted molar refractivity (Wildman–Crippen MR) is 418 cm³/mol. The number of carboxylic acid groups (broad SMARTS) is 1. The van der Waals surface area contributed by atoms with Crippen LogP contribution in [-0.2, 0) is 54.7 Å². The van der Waals surface area contributed by atoms with Gasteiger partial charge in [-0.3, -0.25) is 92.5 Å². The highest BCUT2D eigenvalue weighted by molar-refractivity contribution is 6.10. The van der Waals surface area contributed by atoms with Gasteiger partial charge in [0.05, 0.1) is 53.2 Å². The Kier molecular flexibility index (Phi) is 28.2. The van der Waals surface area contributed by atoms with E-state index >= 15 is 8.78 Å². The van der Waals surface area contributed by atoms with E-state index in [0.29, 0.717) is 114 Å². The highest BCUT2D eigenvalue weighted by Gasteiger charge is 2.42. The maximum absolute atomic E-state index is 15.3. The van der Waals surface area contributed by atoms with E-state index in [1.54, 1.807) is 32.4 Å². The first-order valence-electron chi connectivity index (χ1n) is 38.2. The number of unbranched alkanes of at least 4 members (excludes halogenated alkanes) is 2. The van der Waals surface area contributed by atoms with Gasteiger partial charge in [0.25, 0.3) is 35.4 Å². The standard InChI is InChI=1S/C40H40F2N8O6.C25H27F2N5O2.C15H15N3O5.CH3F.CH4/c1-43-36-27-16-26(30(42)17-31(27)46-19-28(36)38(54)48-24-6-7-24)22-5-8-25(29(41)15-22)37(53)45-13-3-2-12-44-33(51)10-4-21-14-23-20-50(40(56)35(23)47-18-21)32-9-11-34(52)49-39(32)55;1-29-23-18-11-17(14-4-7-16(20(26)10-14)24(33)30-9-3-2-8-28)21(27)12-22(18)31-13-19(23)25(34)32-15-5-6-15;19-11-3-2-10(14(22)17-11)18-7-9-5-8(1-4-12(20)21)6-16-13(9)15(18)23;1-2;/h5,8,14-19,24,32H,2-4,6-7,9-13,20H2,1H3,(H,43,46)(H,44,51)(H,45,53)(H,48,54)(H,49,52,55);4,7,10-13,15H,2-3,5-6,8-9,28H2,1H3,(H,29,31)(H,30,33)(H,32,34);5-6,10H,1-4,7H2,(H,20,21)(H,17,19,22);1H3;1H4/i;;;1D;. The molecular weight excluding hydrogens is 1510 g/mol. The molecule has 4 aromatic carbocycles. The van der Waals surface area contributed by atoms with Gasteiger partial charge in [-0.1, -0.05) is 31.7 Å². The first-order valence-corrected chi connectivity index (χ1v) is 37.5. The third-order valence-corrected chi connectivity index (χ3v) is 20.0. The number of anilines is 2. The van der Waals surface area contributed by atoms with Gasteiger partial charge in [-0.25, -0.2) is 17.6 Å². The normalized spacial score (nSPS) is 15.9. The third kappa shape index (κ3) is 20.6. The van der Waals surface area contributed by atoms with Crippen LogP contribution in [0.5, 0.6) is 0 Å². The molecule has 2 saturated carbocycles. The minimum Gasteiger partial charge on any atom is -0.481 e. The summed E-state index contributed by atoms with van der Waals surface area (Å²) in [5, 5.41) is 34.3. The number of carbonyl (C=O) groups is 12. The van der Waals surface area contributed by atoms with E-state index in [1.165, 1.54) is 70.9 Å². The number of fused-ring (bicyclic) bond motifs is 4. The number of piperidine rings is 2. The topological polar surface area (TPSA) is 417 Å².